The Balaban J connectivity index is 1.54. The van der Waals surface area contributed by atoms with Gasteiger partial charge in [-0.1, -0.05) is 53.3 Å². The highest BCUT2D eigenvalue weighted by atomic mass is 35.5. The minimum Gasteiger partial charge on any atom is -0.294 e. The van der Waals surface area contributed by atoms with Crippen molar-refractivity contribution < 1.29 is 9.79 Å². The normalized spacial score (nSPS) is 19.2. The molecule has 2 heterocycles. The first-order valence-corrected chi connectivity index (χ1v) is 10.4. The summed E-state index contributed by atoms with van der Waals surface area (Å²) in [6.45, 7) is 0. The third-order valence-electron chi connectivity index (χ3n) is 5.05. The number of fused-ring (bicyclic) bond motifs is 1. The number of thiazole rings is 1. The van der Waals surface area contributed by atoms with Crippen molar-refractivity contribution in [2.75, 3.05) is 5.32 Å². The Morgan fingerprint density at radius 1 is 1.14 bits per heavy atom. The fraction of sp³-hybridized carbons (Fsp3) is 0.190. The van der Waals surface area contributed by atoms with Gasteiger partial charge < -0.3 is 0 Å². The third-order valence-corrected chi connectivity index (χ3v) is 6.35. The summed E-state index contributed by atoms with van der Waals surface area (Å²) < 4.78 is 1.12. The van der Waals surface area contributed by atoms with Crippen LogP contribution in [0.15, 0.2) is 59.8 Å². The number of guanidine groups is 1. The molecule has 1 aliphatic heterocycles. The highest BCUT2D eigenvalue weighted by Crippen LogP contribution is 2.33. The maximum Gasteiger partial charge on any atom is 0.355 e. The summed E-state index contributed by atoms with van der Waals surface area (Å²) in [7, 11) is 0. The van der Waals surface area contributed by atoms with E-state index in [4.69, 9.17) is 11.6 Å². The number of hydrogen-bond acceptors (Lipinski definition) is 5. The number of nitrogens with one attached hydrogen (secondary N) is 3. The van der Waals surface area contributed by atoms with Crippen LogP contribution >= 0.6 is 22.9 Å². The molecule has 7 heteroatoms. The van der Waals surface area contributed by atoms with Gasteiger partial charge in [0.2, 0.25) is 0 Å². The van der Waals surface area contributed by atoms with E-state index in [2.05, 4.69) is 26.7 Å². The van der Waals surface area contributed by atoms with E-state index in [-0.39, 0.29) is 11.8 Å². The lowest BCUT2D eigenvalue weighted by Crippen LogP contribution is -2.82. The lowest BCUT2D eigenvalue weighted by molar-refractivity contribution is -0.501. The number of carbonyl (C=O) groups excluding carboxylic acids is 1. The van der Waals surface area contributed by atoms with Gasteiger partial charge in [0.05, 0.1) is 21.5 Å². The Bertz CT molecular complexity index is 1120. The van der Waals surface area contributed by atoms with E-state index in [1.165, 1.54) is 0 Å². The predicted octanol–water partition coefficient (Wildman–Crippen LogP) is 3.15. The quantitative estimate of drug-likeness (QED) is 0.608. The first-order valence-electron chi connectivity index (χ1n) is 9.23. The smallest absolute Gasteiger partial charge is 0.294 e. The van der Waals surface area contributed by atoms with Gasteiger partial charge in [0.15, 0.2) is 5.78 Å². The molecule has 0 fully saturated rings. The van der Waals surface area contributed by atoms with Crippen molar-refractivity contribution in [2.45, 2.75) is 25.3 Å². The van der Waals surface area contributed by atoms with E-state index in [1.54, 1.807) is 11.3 Å². The number of carbonyl (C=O) groups is 1. The lowest BCUT2D eigenvalue weighted by atomic mass is 9.86. The number of hydrogen-bond donors (Lipinski definition) is 3. The molecule has 28 heavy (non-hydrogen) atoms. The van der Waals surface area contributed by atoms with Gasteiger partial charge in [-0.05, 0) is 24.6 Å². The van der Waals surface area contributed by atoms with Crippen molar-refractivity contribution in [2.24, 2.45) is 0 Å². The van der Waals surface area contributed by atoms with Crippen LogP contribution in [-0.4, -0.2) is 16.7 Å². The van der Waals surface area contributed by atoms with E-state index in [1.807, 2.05) is 42.5 Å². The predicted molar refractivity (Wildman–Crippen MR) is 112 cm³/mol. The second-order valence-electron chi connectivity index (χ2n) is 6.88. The van der Waals surface area contributed by atoms with Crippen molar-refractivity contribution >= 4 is 50.0 Å². The van der Waals surface area contributed by atoms with Crippen molar-refractivity contribution in [3.63, 3.8) is 0 Å². The fourth-order valence-electron chi connectivity index (χ4n) is 3.77. The number of Topliss-reactive ketones (excluding diaryl/α,β-unsaturated/α-hetero) is 1. The summed E-state index contributed by atoms with van der Waals surface area (Å²) in [6.07, 6.45) is 2.27. The molecule has 0 saturated heterocycles. The van der Waals surface area contributed by atoms with Crippen LogP contribution in [0.3, 0.4) is 0 Å². The summed E-state index contributed by atoms with van der Waals surface area (Å²) >= 11 is 8.05. The second kappa shape index (κ2) is 7.04. The molecule has 0 saturated carbocycles. The Labute approximate surface area is 171 Å². The van der Waals surface area contributed by atoms with Gasteiger partial charge in [-0.2, -0.15) is 0 Å². The second-order valence-corrected chi connectivity index (χ2v) is 8.32. The zero-order chi connectivity index (χ0) is 19.1. The minimum absolute atomic E-state index is 0.171. The van der Waals surface area contributed by atoms with Crippen LogP contribution in [0.2, 0.25) is 5.02 Å². The molecule has 5 nitrogen and oxygen atoms in total. The van der Waals surface area contributed by atoms with E-state index in [0.29, 0.717) is 11.4 Å². The third kappa shape index (κ3) is 3.08. The summed E-state index contributed by atoms with van der Waals surface area (Å²) in [5.41, 5.74) is 3.61. The molecule has 1 atom stereocenters. The maximum atomic E-state index is 12.7. The summed E-state index contributed by atoms with van der Waals surface area (Å²) in [4.78, 5) is 20.8. The van der Waals surface area contributed by atoms with Crippen LogP contribution in [0, 0.1) is 0 Å². The molecule has 0 spiro atoms. The first kappa shape index (κ1) is 17.4. The zero-order valence-electron chi connectivity index (χ0n) is 15.0. The summed E-state index contributed by atoms with van der Waals surface area (Å²) in [6, 6.07) is 15.4. The van der Waals surface area contributed by atoms with Crippen molar-refractivity contribution in [3.05, 3.63) is 70.4 Å². The first-order chi connectivity index (χ1) is 13.7. The molecular formula is C21H18ClN4OS+. The van der Waals surface area contributed by atoms with Crippen LogP contribution in [0.5, 0.6) is 0 Å². The van der Waals surface area contributed by atoms with Crippen LogP contribution in [0.1, 0.15) is 30.9 Å². The molecule has 0 amide bonds. The molecule has 140 valence electrons. The SMILES string of the molecule is O=C1CCCC2=C1[C@@H](c1ccccc1Cl)[NH+]=C(Nc1nc3ccccc3s1)N2. The largest absolute Gasteiger partial charge is 0.355 e. The van der Waals surface area contributed by atoms with Crippen LogP contribution in [0.4, 0.5) is 5.13 Å². The number of ketones is 1. The number of allylic oxidation sites excluding steroid dienone is 1. The topological polar surface area (TPSA) is 68.0 Å². The lowest BCUT2D eigenvalue weighted by Gasteiger charge is -2.27. The maximum absolute atomic E-state index is 12.7. The Morgan fingerprint density at radius 3 is 2.82 bits per heavy atom. The summed E-state index contributed by atoms with van der Waals surface area (Å²) in [5, 5.41) is 8.16. The molecule has 5 rings (SSSR count). The number of rotatable bonds is 2. The Hall–Kier alpha value is -2.70. The van der Waals surface area contributed by atoms with E-state index in [0.717, 1.165) is 51.0 Å². The molecule has 3 aromatic rings. The van der Waals surface area contributed by atoms with Gasteiger partial charge in [0, 0.05) is 23.4 Å². The molecule has 0 bridgehead atoms. The molecule has 1 aromatic heterocycles. The van der Waals surface area contributed by atoms with Crippen LogP contribution in [0.25, 0.3) is 10.2 Å². The standard InChI is InChI=1S/C21H17ClN4OS/c22-13-7-2-1-6-12(13)19-18-15(9-5-10-16(18)27)23-20(25-19)26-21-24-14-8-3-4-11-17(14)28-21/h1-4,6-8,11,19H,5,9-10H2,(H2,23,24,25,26)/p+1/t19-/m1/s1. The average Bonchev–Trinajstić information content (AvgIpc) is 3.10. The number of anilines is 1. The molecule has 3 N–H and O–H groups in total. The van der Waals surface area contributed by atoms with Gasteiger partial charge in [-0.15, -0.1) is 0 Å². The van der Waals surface area contributed by atoms with Crippen molar-refractivity contribution in [1.29, 1.82) is 0 Å². The minimum atomic E-state index is -0.283. The van der Waals surface area contributed by atoms with Crippen LogP contribution < -0.4 is 15.6 Å². The van der Waals surface area contributed by atoms with Crippen molar-refractivity contribution in [1.82, 2.24) is 10.3 Å². The number of benzene rings is 2. The Morgan fingerprint density at radius 2 is 1.96 bits per heavy atom. The monoisotopic (exact) mass is 409 g/mol. The summed E-state index contributed by atoms with van der Waals surface area (Å²) in [5.74, 6) is 0.891. The Kier molecular flexibility index (Phi) is 4.37. The number of halogens is 1. The van der Waals surface area contributed by atoms with Gasteiger partial charge >= 0.3 is 5.96 Å². The van der Waals surface area contributed by atoms with Crippen molar-refractivity contribution in [3.8, 4) is 0 Å². The van der Waals surface area contributed by atoms with E-state index >= 15 is 0 Å². The average molecular weight is 410 g/mol. The highest BCUT2D eigenvalue weighted by molar-refractivity contribution is 7.22. The molecule has 1 aliphatic carbocycles. The van der Waals surface area contributed by atoms with Gasteiger partial charge in [0.25, 0.3) is 5.13 Å². The number of nitrogens with zero attached hydrogens (tertiary/aromatic N) is 1. The van der Waals surface area contributed by atoms with Gasteiger partial charge in [-0.3, -0.25) is 9.79 Å². The molecular weight excluding hydrogens is 392 g/mol. The fourth-order valence-corrected chi connectivity index (χ4v) is 4.89. The highest BCUT2D eigenvalue weighted by Gasteiger charge is 2.36. The molecule has 0 unspecified atom stereocenters. The van der Waals surface area contributed by atoms with E-state index in [9.17, 15) is 4.79 Å². The van der Waals surface area contributed by atoms with Crippen LogP contribution in [-0.2, 0) is 4.79 Å². The van der Waals surface area contributed by atoms with Gasteiger partial charge in [0.1, 0.15) is 6.04 Å². The van der Waals surface area contributed by atoms with Gasteiger partial charge in [-0.25, -0.2) is 15.6 Å². The molecule has 2 aromatic carbocycles. The zero-order valence-corrected chi connectivity index (χ0v) is 16.5. The van der Waals surface area contributed by atoms with E-state index < -0.39 is 0 Å². The number of aromatic nitrogens is 1. The molecule has 2 aliphatic rings. The number of para-hydroxylation sites is 1. The molecule has 0 radical (unpaired) electrons.